The van der Waals surface area contributed by atoms with Crippen LogP contribution in [0.15, 0.2) is 72.9 Å². The molecule has 0 aliphatic heterocycles. The van der Waals surface area contributed by atoms with Crippen LogP contribution in [-0.4, -0.2) is 37.2 Å². The van der Waals surface area contributed by atoms with Crippen molar-refractivity contribution in [1.82, 2.24) is 0 Å². The first-order valence-electron chi connectivity index (χ1n) is 25.9. The molecule has 0 unspecified atom stereocenters. The lowest BCUT2D eigenvalue weighted by Gasteiger charge is -2.18. The SMILES string of the molecule is CC/C=C\C/C=C\C/C=C\C/C=C\C/C=C\CCCC(=O)OC[C@@H](COC(=O)CCCCCCC/C=C\CCCC)OC(=O)CCCCCCCCCCCCCCCCCC. The van der Waals surface area contributed by atoms with Gasteiger partial charge in [-0.25, -0.2) is 0 Å². The fourth-order valence-corrected chi connectivity index (χ4v) is 7.05. The smallest absolute Gasteiger partial charge is 0.306 e. The number of hydrogen-bond acceptors (Lipinski definition) is 6. The third kappa shape index (κ3) is 47.9. The molecule has 0 aromatic carbocycles. The minimum atomic E-state index is -0.798. The van der Waals surface area contributed by atoms with Crippen molar-refractivity contribution >= 4 is 17.9 Å². The zero-order valence-corrected chi connectivity index (χ0v) is 40.6. The zero-order chi connectivity index (χ0) is 45.1. The molecule has 0 aliphatic carbocycles. The van der Waals surface area contributed by atoms with Gasteiger partial charge in [-0.1, -0.05) is 222 Å². The Morgan fingerprint density at radius 3 is 1.11 bits per heavy atom. The highest BCUT2D eigenvalue weighted by atomic mass is 16.6. The number of allylic oxidation sites excluding steroid dienone is 12. The maximum atomic E-state index is 12.8. The van der Waals surface area contributed by atoms with Crippen LogP contribution >= 0.6 is 0 Å². The summed E-state index contributed by atoms with van der Waals surface area (Å²) in [6.45, 7) is 6.44. The molecule has 0 aromatic heterocycles. The van der Waals surface area contributed by atoms with Crippen molar-refractivity contribution in [2.75, 3.05) is 13.2 Å². The quantitative estimate of drug-likeness (QED) is 0.0262. The van der Waals surface area contributed by atoms with Crippen LogP contribution < -0.4 is 0 Å². The molecule has 6 heteroatoms. The minimum absolute atomic E-state index is 0.0960. The van der Waals surface area contributed by atoms with Crippen molar-refractivity contribution in [3.05, 3.63) is 72.9 Å². The summed E-state index contributed by atoms with van der Waals surface area (Å²) in [5.41, 5.74) is 0. The molecule has 0 aromatic rings. The first-order valence-corrected chi connectivity index (χ1v) is 25.9. The lowest BCUT2D eigenvalue weighted by molar-refractivity contribution is -0.167. The minimum Gasteiger partial charge on any atom is -0.462 e. The molecule has 0 bridgehead atoms. The van der Waals surface area contributed by atoms with Crippen LogP contribution in [-0.2, 0) is 28.6 Å². The Labute approximate surface area is 382 Å². The van der Waals surface area contributed by atoms with Gasteiger partial charge in [0.25, 0.3) is 0 Å². The van der Waals surface area contributed by atoms with E-state index in [0.29, 0.717) is 19.3 Å². The van der Waals surface area contributed by atoms with Crippen molar-refractivity contribution in [3.8, 4) is 0 Å². The summed E-state index contributed by atoms with van der Waals surface area (Å²) >= 11 is 0. The molecular formula is C56H96O6. The van der Waals surface area contributed by atoms with Crippen LogP contribution in [0.25, 0.3) is 0 Å². The predicted octanol–water partition coefficient (Wildman–Crippen LogP) is 17.0. The maximum absolute atomic E-state index is 12.8. The van der Waals surface area contributed by atoms with Gasteiger partial charge >= 0.3 is 17.9 Å². The zero-order valence-electron chi connectivity index (χ0n) is 40.6. The highest BCUT2D eigenvalue weighted by molar-refractivity contribution is 5.71. The second-order valence-corrected chi connectivity index (χ2v) is 17.1. The van der Waals surface area contributed by atoms with E-state index >= 15 is 0 Å². The molecule has 0 N–H and O–H groups in total. The van der Waals surface area contributed by atoms with E-state index in [0.717, 1.165) is 89.9 Å². The lowest BCUT2D eigenvalue weighted by atomic mass is 10.0. The van der Waals surface area contributed by atoms with Crippen LogP contribution in [0.4, 0.5) is 0 Å². The van der Waals surface area contributed by atoms with Crippen molar-refractivity contribution in [2.24, 2.45) is 0 Å². The van der Waals surface area contributed by atoms with Gasteiger partial charge in [-0.3, -0.25) is 14.4 Å². The van der Waals surface area contributed by atoms with Gasteiger partial charge in [0.1, 0.15) is 13.2 Å². The summed E-state index contributed by atoms with van der Waals surface area (Å²) in [7, 11) is 0. The molecule has 0 heterocycles. The fraction of sp³-hybridized carbons (Fsp3) is 0.732. The van der Waals surface area contributed by atoms with Crippen molar-refractivity contribution in [1.29, 1.82) is 0 Å². The number of carbonyl (C=O) groups excluding carboxylic acids is 3. The average Bonchev–Trinajstić information content (AvgIpc) is 3.27. The Bertz CT molecular complexity index is 1180. The Hall–Kier alpha value is -3.15. The topological polar surface area (TPSA) is 78.9 Å². The highest BCUT2D eigenvalue weighted by Crippen LogP contribution is 2.15. The third-order valence-corrected chi connectivity index (χ3v) is 10.9. The van der Waals surface area contributed by atoms with E-state index in [1.54, 1.807) is 0 Å². The Morgan fingerprint density at radius 1 is 0.339 bits per heavy atom. The third-order valence-electron chi connectivity index (χ3n) is 10.9. The van der Waals surface area contributed by atoms with Gasteiger partial charge in [0, 0.05) is 19.3 Å². The molecule has 0 rings (SSSR count). The first-order chi connectivity index (χ1) is 30.5. The lowest BCUT2D eigenvalue weighted by Crippen LogP contribution is -2.30. The number of unbranched alkanes of at least 4 members (excludes halogenated alkanes) is 23. The summed E-state index contributed by atoms with van der Waals surface area (Å²) < 4.78 is 16.7. The molecule has 0 spiro atoms. The van der Waals surface area contributed by atoms with Gasteiger partial charge in [-0.15, -0.1) is 0 Å². The molecule has 0 fully saturated rings. The summed E-state index contributed by atoms with van der Waals surface area (Å²) in [5, 5.41) is 0. The number of hydrogen-bond donors (Lipinski definition) is 0. The van der Waals surface area contributed by atoms with Crippen LogP contribution in [0, 0.1) is 0 Å². The summed E-state index contributed by atoms with van der Waals surface area (Å²) in [5.74, 6) is -0.962. The normalized spacial score (nSPS) is 12.6. The summed E-state index contributed by atoms with van der Waals surface area (Å²) in [6, 6.07) is 0. The van der Waals surface area contributed by atoms with Gasteiger partial charge < -0.3 is 14.2 Å². The number of esters is 3. The predicted molar refractivity (Wildman–Crippen MR) is 265 cm³/mol. The molecule has 1 atom stereocenters. The first kappa shape index (κ1) is 58.9. The molecule has 356 valence electrons. The molecule has 62 heavy (non-hydrogen) atoms. The average molecular weight is 865 g/mol. The van der Waals surface area contributed by atoms with Crippen molar-refractivity contribution < 1.29 is 28.6 Å². The van der Waals surface area contributed by atoms with Gasteiger partial charge in [-0.05, 0) is 77.0 Å². The maximum Gasteiger partial charge on any atom is 0.306 e. The highest BCUT2D eigenvalue weighted by Gasteiger charge is 2.19. The Morgan fingerprint density at radius 2 is 0.661 bits per heavy atom. The second-order valence-electron chi connectivity index (χ2n) is 17.1. The van der Waals surface area contributed by atoms with E-state index in [9.17, 15) is 14.4 Å². The standard InChI is InChI=1S/C56H96O6/c1-4-7-10-13-16-19-22-24-26-28-30-31-34-37-40-43-46-49-55(58)61-52-53(51-60-54(57)48-45-42-39-36-33-21-18-15-12-9-6-3)62-56(59)50-47-44-41-38-35-32-29-27-25-23-20-17-14-11-8-5-2/h7,10,15-16,18-19,24,26,30-31,37,40,53H,4-6,8-9,11-14,17,20-23,25,27-29,32-36,38-39,41-52H2,1-3H3/b10-7-,18-15-,19-16-,26-24-,31-30-,40-37-/t53-/m1/s1. The Balaban J connectivity index is 4.45. The molecule has 0 radical (unpaired) electrons. The molecule has 0 saturated heterocycles. The van der Waals surface area contributed by atoms with Gasteiger partial charge in [0.2, 0.25) is 0 Å². The largest absolute Gasteiger partial charge is 0.462 e. The van der Waals surface area contributed by atoms with Gasteiger partial charge in [0.05, 0.1) is 0 Å². The number of carbonyl (C=O) groups is 3. The van der Waals surface area contributed by atoms with E-state index in [1.807, 2.05) is 0 Å². The summed E-state index contributed by atoms with van der Waals surface area (Å²) in [4.78, 5) is 37.9. The fourth-order valence-electron chi connectivity index (χ4n) is 7.05. The van der Waals surface area contributed by atoms with Gasteiger partial charge in [-0.2, -0.15) is 0 Å². The molecule has 0 amide bonds. The van der Waals surface area contributed by atoms with Gasteiger partial charge in [0.15, 0.2) is 6.10 Å². The number of rotatable bonds is 46. The summed E-state index contributed by atoms with van der Waals surface area (Å²) in [6.07, 6.45) is 63.2. The molecule has 0 saturated carbocycles. The molecule has 0 aliphatic rings. The Kier molecular flexibility index (Phi) is 47.9. The van der Waals surface area contributed by atoms with E-state index < -0.39 is 6.10 Å². The van der Waals surface area contributed by atoms with E-state index in [2.05, 4.69) is 93.7 Å². The van der Waals surface area contributed by atoms with Crippen LogP contribution in [0.5, 0.6) is 0 Å². The molecule has 6 nitrogen and oxygen atoms in total. The number of ether oxygens (including phenoxy) is 3. The van der Waals surface area contributed by atoms with Crippen LogP contribution in [0.2, 0.25) is 0 Å². The van der Waals surface area contributed by atoms with Crippen LogP contribution in [0.1, 0.15) is 245 Å². The van der Waals surface area contributed by atoms with E-state index in [4.69, 9.17) is 14.2 Å². The van der Waals surface area contributed by atoms with E-state index in [1.165, 1.54) is 109 Å². The van der Waals surface area contributed by atoms with Crippen molar-refractivity contribution in [2.45, 2.75) is 252 Å². The monoisotopic (exact) mass is 865 g/mol. The second kappa shape index (κ2) is 50.5. The van der Waals surface area contributed by atoms with Crippen LogP contribution in [0.3, 0.4) is 0 Å². The van der Waals surface area contributed by atoms with Crippen molar-refractivity contribution in [3.63, 3.8) is 0 Å². The molecular weight excluding hydrogens is 769 g/mol. The van der Waals surface area contributed by atoms with E-state index in [-0.39, 0.29) is 37.5 Å².